The van der Waals surface area contributed by atoms with Crippen LogP contribution in [0.4, 0.5) is 5.69 Å². The first-order chi connectivity index (χ1) is 9.10. The Morgan fingerprint density at radius 3 is 2.26 bits per heavy atom. The van der Waals surface area contributed by atoms with Crippen LogP contribution in [0, 0.1) is 6.92 Å². The zero-order chi connectivity index (χ0) is 13.8. The lowest BCUT2D eigenvalue weighted by molar-refractivity contribution is 0.0993. The fraction of sp³-hybridized carbons (Fsp3) is 0.235. The van der Waals surface area contributed by atoms with Crippen LogP contribution < -0.4 is 5.73 Å². The number of aryl methyl sites for hydroxylation is 2. The van der Waals surface area contributed by atoms with Crippen molar-refractivity contribution in [3.8, 4) is 0 Å². The monoisotopic (exact) mass is 253 g/mol. The number of carbonyl (C=O) groups is 1. The van der Waals surface area contributed by atoms with Crippen molar-refractivity contribution in [2.24, 2.45) is 0 Å². The number of rotatable bonds is 4. The van der Waals surface area contributed by atoms with Gasteiger partial charge >= 0.3 is 0 Å². The van der Waals surface area contributed by atoms with Gasteiger partial charge in [-0.3, -0.25) is 4.79 Å². The summed E-state index contributed by atoms with van der Waals surface area (Å²) in [7, 11) is 0. The van der Waals surface area contributed by atoms with Crippen molar-refractivity contribution in [3.05, 3.63) is 64.7 Å². The molecule has 0 aliphatic carbocycles. The highest BCUT2D eigenvalue weighted by Crippen LogP contribution is 2.15. The highest BCUT2D eigenvalue weighted by molar-refractivity contribution is 5.98. The van der Waals surface area contributed by atoms with E-state index in [1.165, 1.54) is 5.56 Å². The predicted octanol–water partition coefficient (Wildman–Crippen LogP) is 3.57. The molecule has 0 fully saturated rings. The molecule has 2 rings (SSSR count). The Balaban J connectivity index is 2.13. The number of hydrogen-bond donors (Lipinski definition) is 1. The van der Waals surface area contributed by atoms with Gasteiger partial charge in [0.15, 0.2) is 5.78 Å². The van der Waals surface area contributed by atoms with Crippen LogP contribution in [0.3, 0.4) is 0 Å². The van der Waals surface area contributed by atoms with Gasteiger partial charge in [0, 0.05) is 17.7 Å². The number of nitrogen functional groups attached to an aromatic ring is 1. The number of carbonyl (C=O) groups excluding carboxylic acids is 1. The van der Waals surface area contributed by atoms with Gasteiger partial charge in [0.05, 0.1) is 0 Å². The molecule has 2 aromatic carbocycles. The predicted molar refractivity (Wildman–Crippen MR) is 79.4 cm³/mol. The van der Waals surface area contributed by atoms with E-state index in [0.29, 0.717) is 6.42 Å². The van der Waals surface area contributed by atoms with Gasteiger partial charge in [-0.05, 0) is 48.2 Å². The van der Waals surface area contributed by atoms with Crippen LogP contribution in [0.1, 0.15) is 34.0 Å². The summed E-state index contributed by atoms with van der Waals surface area (Å²) < 4.78 is 0. The van der Waals surface area contributed by atoms with Crippen LogP contribution in [0.5, 0.6) is 0 Å². The molecule has 0 aliphatic rings. The summed E-state index contributed by atoms with van der Waals surface area (Å²) in [6, 6.07) is 13.7. The molecule has 0 aliphatic heterocycles. The minimum absolute atomic E-state index is 0.132. The van der Waals surface area contributed by atoms with Crippen LogP contribution in [0.25, 0.3) is 0 Å². The first-order valence-electron chi connectivity index (χ1n) is 6.57. The Bertz CT molecular complexity index is 585. The van der Waals surface area contributed by atoms with Crippen molar-refractivity contribution in [1.29, 1.82) is 0 Å². The average Bonchev–Trinajstić information content (AvgIpc) is 2.42. The lowest BCUT2D eigenvalue weighted by Crippen LogP contribution is -2.04. The Labute approximate surface area is 114 Å². The third kappa shape index (κ3) is 3.22. The van der Waals surface area contributed by atoms with Crippen molar-refractivity contribution in [2.45, 2.75) is 26.7 Å². The van der Waals surface area contributed by atoms with Gasteiger partial charge in [-0.1, -0.05) is 31.2 Å². The van der Waals surface area contributed by atoms with E-state index in [9.17, 15) is 4.79 Å². The van der Waals surface area contributed by atoms with Crippen LogP contribution in [0.2, 0.25) is 0 Å². The van der Waals surface area contributed by atoms with E-state index in [4.69, 9.17) is 5.73 Å². The Hall–Kier alpha value is -2.09. The van der Waals surface area contributed by atoms with Gasteiger partial charge in [0.25, 0.3) is 0 Å². The molecule has 0 bridgehead atoms. The number of ketones is 1. The molecule has 2 aromatic rings. The number of nitrogens with two attached hydrogens (primary N) is 1. The second-order valence-corrected chi connectivity index (χ2v) is 4.84. The SMILES string of the molecule is CCc1ccc(CC(=O)c2ccc(N)c(C)c2)cc1. The Kier molecular flexibility index (Phi) is 4.00. The lowest BCUT2D eigenvalue weighted by atomic mass is 10.00. The average molecular weight is 253 g/mol. The molecule has 0 aromatic heterocycles. The molecule has 0 spiro atoms. The summed E-state index contributed by atoms with van der Waals surface area (Å²) >= 11 is 0. The van der Waals surface area contributed by atoms with Gasteiger partial charge in [-0.15, -0.1) is 0 Å². The van der Waals surface area contributed by atoms with Gasteiger partial charge < -0.3 is 5.73 Å². The van der Waals surface area contributed by atoms with Crippen molar-refractivity contribution in [2.75, 3.05) is 5.73 Å². The number of benzene rings is 2. The summed E-state index contributed by atoms with van der Waals surface area (Å²) in [5.41, 5.74) is 10.5. The third-order valence-electron chi connectivity index (χ3n) is 3.39. The molecule has 0 saturated carbocycles. The largest absolute Gasteiger partial charge is 0.399 e. The highest BCUT2D eigenvalue weighted by Gasteiger charge is 2.08. The highest BCUT2D eigenvalue weighted by atomic mass is 16.1. The van der Waals surface area contributed by atoms with E-state index in [1.807, 2.05) is 25.1 Å². The van der Waals surface area contributed by atoms with Gasteiger partial charge in [0.1, 0.15) is 0 Å². The van der Waals surface area contributed by atoms with Crippen molar-refractivity contribution in [1.82, 2.24) is 0 Å². The molecule has 0 heterocycles. The van der Waals surface area contributed by atoms with Crippen molar-refractivity contribution in [3.63, 3.8) is 0 Å². The van der Waals surface area contributed by atoms with E-state index in [0.717, 1.165) is 28.8 Å². The molecule has 0 unspecified atom stereocenters. The quantitative estimate of drug-likeness (QED) is 0.668. The van der Waals surface area contributed by atoms with Gasteiger partial charge in [-0.25, -0.2) is 0 Å². The van der Waals surface area contributed by atoms with Crippen LogP contribution in [0.15, 0.2) is 42.5 Å². The molecule has 0 atom stereocenters. The summed E-state index contributed by atoms with van der Waals surface area (Å²) in [6.07, 6.45) is 1.46. The molecular weight excluding hydrogens is 234 g/mol. The lowest BCUT2D eigenvalue weighted by Gasteiger charge is -2.05. The fourth-order valence-electron chi connectivity index (χ4n) is 2.03. The van der Waals surface area contributed by atoms with E-state index in [1.54, 1.807) is 12.1 Å². The van der Waals surface area contributed by atoms with E-state index >= 15 is 0 Å². The topological polar surface area (TPSA) is 43.1 Å². The smallest absolute Gasteiger partial charge is 0.167 e. The van der Waals surface area contributed by atoms with Gasteiger partial charge in [-0.2, -0.15) is 0 Å². The van der Waals surface area contributed by atoms with E-state index in [2.05, 4.69) is 19.1 Å². The summed E-state index contributed by atoms with van der Waals surface area (Å²) in [5, 5.41) is 0. The molecule has 2 N–H and O–H groups in total. The summed E-state index contributed by atoms with van der Waals surface area (Å²) in [4.78, 5) is 12.2. The third-order valence-corrected chi connectivity index (χ3v) is 3.39. The van der Waals surface area contributed by atoms with Crippen LogP contribution in [-0.2, 0) is 12.8 Å². The molecule has 2 heteroatoms. The standard InChI is InChI=1S/C17H19NO/c1-3-13-4-6-14(7-5-13)11-17(19)15-8-9-16(18)12(2)10-15/h4-10H,3,11,18H2,1-2H3. The Morgan fingerprint density at radius 1 is 1.05 bits per heavy atom. The maximum atomic E-state index is 12.2. The van der Waals surface area contributed by atoms with Crippen molar-refractivity contribution < 1.29 is 4.79 Å². The van der Waals surface area contributed by atoms with Crippen LogP contribution >= 0.6 is 0 Å². The first-order valence-corrected chi connectivity index (χ1v) is 6.57. The maximum absolute atomic E-state index is 12.2. The molecule has 2 nitrogen and oxygen atoms in total. The molecular formula is C17H19NO. The summed E-state index contributed by atoms with van der Waals surface area (Å²) in [6.45, 7) is 4.04. The molecule has 0 amide bonds. The zero-order valence-corrected chi connectivity index (χ0v) is 11.4. The normalized spacial score (nSPS) is 10.4. The molecule has 19 heavy (non-hydrogen) atoms. The minimum atomic E-state index is 0.132. The number of Topliss-reactive ketones (excluding diaryl/α,β-unsaturated/α-hetero) is 1. The minimum Gasteiger partial charge on any atom is -0.399 e. The zero-order valence-electron chi connectivity index (χ0n) is 11.4. The Morgan fingerprint density at radius 2 is 1.68 bits per heavy atom. The van der Waals surface area contributed by atoms with Crippen molar-refractivity contribution >= 4 is 11.5 Å². The number of anilines is 1. The molecule has 0 radical (unpaired) electrons. The second kappa shape index (κ2) is 5.70. The van der Waals surface area contributed by atoms with Crippen LogP contribution in [-0.4, -0.2) is 5.78 Å². The molecule has 98 valence electrons. The van der Waals surface area contributed by atoms with Gasteiger partial charge in [0.2, 0.25) is 0 Å². The van der Waals surface area contributed by atoms with E-state index < -0.39 is 0 Å². The maximum Gasteiger partial charge on any atom is 0.167 e. The first kappa shape index (κ1) is 13.3. The van der Waals surface area contributed by atoms with E-state index in [-0.39, 0.29) is 5.78 Å². The summed E-state index contributed by atoms with van der Waals surface area (Å²) in [5.74, 6) is 0.132. The molecule has 0 saturated heterocycles. The number of hydrogen-bond acceptors (Lipinski definition) is 2. The second-order valence-electron chi connectivity index (χ2n) is 4.84. The fourth-order valence-corrected chi connectivity index (χ4v) is 2.03.